The van der Waals surface area contributed by atoms with E-state index in [4.69, 9.17) is 5.73 Å². The van der Waals surface area contributed by atoms with Gasteiger partial charge in [0.2, 0.25) is 10.0 Å². The van der Waals surface area contributed by atoms with Crippen LogP contribution in [0, 0.1) is 23.7 Å². The molecule has 3 aliphatic rings. The summed E-state index contributed by atoms with van der Waals surface area (Å²) >= 11 is 0. The molecule has 3 rings (SSSR count). The minimum atomic E-state index is -3.03. The topological polar surface area (TPSA) is 63.4 Å². The molecule has 0 bridgehead atoms. The van der Waals surface area contributed by atoms with Gasteiger partial charge in [0, 0.05) is 19.1 Å². The van der Waals surface area contributed by atoms with E-state index in [-0.39, 0.29) is 0 Å². The van der Waals surface area contributed by atoms with Crippen LogP contribution in [0.3, 0.4) is 0 Å². The number of piperidine rings is 1. The van der Waals surface area contributed by atoms with Crippen molar-refractivity contribution in [2.24, 2.45) is 29.4 Å². The van der Waals surface area contributed by atoms with Gasteiger partial charge in [-0.1, -0.05) is 12.8 Å². The first-order valence-corrected chi connectivity index (χ1v) is 10.0. The molecular formula is C15H28N2O2S. The van der Waals surface area contributed by atoms with E-state index >= 15 is 0 Å². The summed E-state index contributed by atoms with van der Waals surface area (Å²) in [5.41, 5.74) is 6.46. The summed E-state index contributed by atoms with van der Waals surface area (Å²) in [5, 5.41) is 0. The van der Waals surface area contributed by atoms with Crippen LogP contribution in [0.1, 0.15) is 44.9 Å². The van der Waals surface area contributed by atoms with Crippen molar-refractivity contribution in [2.75, 3.05) is 19.3 Å². The van der Waals surface area contributed by atoms with Crippen LogP contribution in [0.25, 0.3) is 0 Å². The summed E-state index contributed by atoms with van der Waals surface area (Å²) in [6.07, 6.45) is 10.00. The summed E-state index contributed by atoms with van der Waals surface area (Å²) < 4.78 is 25.0. The van der Waals surface area contributed by atoms with E-state index < -0.39 is 10.0 Å². The lowest BCUT2D eigenvalue weighted by Crippen LogP contribution is -2.41. The fourth-order valence-corrected chi connectivity index (χ4v) is 5.69. The predicted octanol–water partition coefficient (Wildman–Crippen LogP) is 1.81. The van der Waals surface area contributed by atoms with E-state index in [1.165, 1.54) is 31.9 Å². The van der Waals surface area contributed by atoms with E-state index in [9.17, 15) is 8.42 Å². The highest BCUT2D eigenvalue weighted by molar-refractivity contribution is 7.88. The monoisotopic (exact) mass is 300 g/mol. The Hall–Kier alpha value is -0.130. The Kier molecular flexibility index (Phi) is 4.13. The third-order valence-corrected chi connectivity index (χ3v) is 7.04. The van der Waals surface area contributed by atoms with E-state index in [0.29, 0.717) is 25.0 Å². The molecule has 1 saturated heterocycles. The Morgan fingerprint density at radius 2 is 1.80 bits per heavy atom. The number of hydrogen-bond donors (Lipinski definition) is 1. The van der Waals surface area contributed by atoms with Crippen molar-refractivity contribution < 1.29 is 8.42 Å². The van der Waals surface area contributed by atoms with Crippen molar-refractivity contribution >= 4 is 10.0 Å². The van der Waals surface area contributed by atoms with Crippen molar-refractivity contribution in [1.82, 2.24) is 4.31 Å². The maximum Gasteiger partial charge on any atom is 0.211 e. The molecule has 1 aliphatic heterocycles. The Balaban J connectivity index is 1.53. The number of sulfonamides is 1. The minimum absolute atomic E-state index is 0.299. The summed E-state index contributed by atoms with van der Waals surface area (Å²) in [6.45, 7) is 1.38. The van der Waals surface area contributed by atoms with Crippen LogP contribution >= 0.6 is 0 Å². The molecule has 0 aromatic rings. The molecule has 2 saturated carbocycles. The van der Waals surface area contributed by atoms with Gasteiger partial charge in [-0.25, -0.2) is 12.7 Å². The fourth-order valence-electron chi connectivity index (χ4n) is 4.75. The van der Waals surface area contributed by atoms with Gasteiger partial charge in [0.1, 0.15) is 0 Å². The Morgan fingerprint density at radius 1 is 1.15 bits per heavy atom. The molecule has 0 aromatic heterocycles. The van der Waals surface area contributed by atoms with Crippen LogP contribution in [0.2, 0.25) is 0 Å². The molecular weight excluding hydrogens is 272 g/mol. The highest BCUT2D eigenvalue weighted by atomic mass is 32.2. The van der Waals surface area contributed by atoms with Gasteiger partial charge in [-0.3, -0.25) is 0 Å². The molecule has 2 N–H and O–H groups in total. The van der Waals surface area contributed by atoms with Crippen LogP contribution < -0.4 is 5.73 Å². The number of rotatable bonds is 4. The summed E-state index contributed by atoms with van der Waals surface area (Å²) in [6, 6.07) is 0.299. The first-order chi connectivity index (χ1) is 9.47. The van der Waals surface area contributed by atoms with Crippen molar-refractivity contribution in [3.05, 3.63) is 0 Å². The number of nitrogens with two attached hydrogens (primary N) is 1. The molecule has 0 radical (unpaired) electrons. The van der Waals surface area contributed by atoms with E-state index in [1.807, 2.05) is 0 Å². The van der Waals surface area contributed by atoms with Crippen molar-refractivity contribution in [3.8, 4) is 0 Å². The van der Waals surface area contributed by atoms with Gasteiger partial charge < -0.3 is 5.73 Å². The third-order valence-electron chi connectivity index (χ3n) is 5.77. The zero-order valence-corrected chi connectivity index (χ0v) is 13.3. The van der Waals surface area contributed by atoms with Crippen LogP contribution in [0.4, 0.5) is 0 Å². The average molecular weight is 300 g/mol. The quantitative estimate of drug-likeness (QED) is 0.861. The zero-order valence-electron chi connectivity index (χ0n) is 12.5. The van der Waals surface area contributed by atoms with Gasteiger partial charge in [-0.15, -0.1) is 0 Å². The van der Waals surface area contributed by atoms with Gasteiger partial charge >= 0.3 is 0 Å². The van der Waals surface area contributed by atoms with Gasteiger partial charge in [-0.05, 0) is 55.8 Å². The third kappa shape index (κ3) is 3.04. The smallest absolute Gasteiger partial charge is 0.211 e. The predicted molar refractivity (Wildman–Crippen MR) is 80.7 cm³/mol. The largest absolute Gasteiger partial charge is 0.327 e. The van der Waals surface area contributed by atoms with Crippen LogP contribution in [-0.2, 0) is 10.0 Å². The lowest BCUT2D eigenvalue weighted by molar-refractivity contribution is 0.239. The molecule has 4 atom stereocenters. The minimum Gasteiger partial charge on any atom is -0.327 e. The molecule has 0 spiro atoms. The molecule has 2 aliphatic carbocycles. The Bertz CT molecular complexity index is 439. The van der Waals surface area contributed by atoms with E-state index in [0.717, 1.165) is 37.0 Å². The van der Waals surface area contributed by atoms with Crippen molar-refractivity contribution in [1.29, 1.82) is 0 Å². The lowest BCUT2D eigenvalue weighted by atomic mass is 9.90. The molecule has 4 nitrogen and oxygen atoms in total. The van der Waals surface area contributed by atoms with Crippen molar-refractivity contribution in [3.63, 3.8) is 0 Å². The van der Waals surface area contributed by atoms with Crippen LogP contribution in [0.5, 0.6) is 0 Å². The molecule has 5 heteroatoms. The van der Waals surface area contributed by atoms with Crippen LogP contribution in [-0.4, -0.2) is 38.1 Å². The number of fused-ring (bicyclic) bond motifs is 1. The maximum atomic E-state index is 11.7. The summed E-state index contributed by atoms with van der Waals surface area (Å²) in [4.78, 5) is 0. The first-order valence-electron chi connectivity index (χ1n) is 8.17. The highest BCUT2D eigenvalue weighted by Crippen LogP contribution is 2.57. The molecule has 1 heterocycles. The second-order valence-electron chi connectivity index (χ2n) is 7.22. The SMILES string of the molecule is CS(=O)(=O)N1CCCC(CC(N)C2C3CCCCC32)C1. The second kappa shape index (κ2) is 5.58. The molecule has 20 heavy (non-hydrogen) atoms. The molecule has 0 amide bonds. The Labute approximate surface area is 123 Å². The number of nitrogens with zero attached hydrogens (tertiary/aromatic N) is 1. The number of hydrogen-bond acceptors (Lipinski definition) is 3. The average Bonchev–Trinajstić information content (AvgIpc) is 3.12. The first kappa shape index (κ1) is 14.8. The highest BCUT2D eigenvalue weighted by Gasteiger charge is 2.53. The zero-order chi connectivity index (χ0) is 14.3. The fraction of sp³-hybridized carbons (Fsp3) is 1.00. The molecule has 0 aromatic carbocycles. The van der Waals surface area contributed by atoms with Gasteiger partial charge in [-0.2, -0.15) is 0 Å². The Morgan fingerprint density at radius 3 is 2.40 bits per heavy atom. The van der Waals surface area contributed by atoms with Crippen LogP contribution in [0.15, 0.2) is 0 Å². The second-order valence-corrected chi connectivity index (χ2v) is 9.20. The van der Waals surface area contributed by atoms with Gasteiger partial charge in [0.05, 0.1) is 6.26 Å². The van der Waals surface area contributed by atoms with E-state index in [2.05, 4.69) is 0 Å². The van der Waals surface area contributed by atoms with E-state index in [1.54, 1.807) is 4.31 Å². The maximum absolute atomic E-state index is 11.7. The normalized spacial score (nSPS) is 40.1. The lowest BCUT2D eigenvalue weighted by Gasteiger charge is -2.32. The summed E-state index contributed by atoms with van der Waals surface area (Å²) in [7, 11) is -3.03. The standard InChI is InChI=1S/C15H28N2O2S/c1-20(18,19)17-8-4-5-11(10-17)9-14(16)15-12-6-2-3-7-13(12)15/h11-15H,2-10,16H2,1H3. The molecule has 3 fully saturated rings. The van der Waals surface area contributed by atoms with Gasteiger partial charge in [0.15, 0.2) is 0 Å². The molecule has 116 valence electrons. The van der Waals surface area contributed by atoms with Gasteiger partial charge in [0.25, 0.3) is 0 Å². The summed E-state index contributed by atoms with van der Waals surface area (Å²) in [5.74, 6) is 3.00. The molecule has 4 unspecified atom stereocenters. The van der Waals surface area contributed by atoms with Crippen molar-refractivity contribution in [2.45, 2.75) is 51.0 Å².